The SMILES string of the molecule is COc1cc(O)c(F)c(C2(C(=O)O)CCC2)c1F. The van der Waals surface area contributed by atoms with Crippen LogP contribution in [0.2, 0.25) is 0 Å². The molecule has 0 bridgehead atoms. The van der Waals surface area contributed by atoms with E-state index in [1.165, 1.54) is 0 Å². The molecule has 0 saturated heterocycles. The Morgan fingerprint density at radius 1 is 1.39 bits per heavy atom. The van der Waals surface area contributed by atoms with E-state index in [1.807, 2.05) is 0 Å². The van der Waals surface area contributed by atoms with Gasteiger partial charge in [0.05, 0.1) is 12.5 Å². The van der Waals surface area contributed by atoms with Crippen molar-refractivity contribution in [2.45, 2.75) is 24.7 Å². The third-order valence-electron chi connectivity index (χ3n) is 3.46. The van der Waals surface area contributed by atoms with Crippen molar-refractivity contribution in [3.8, 4) is 11.5 Å². The summed E-state index contributed by atoms with van der Waals surface area (Å²) >= 11 is 0. The molecule has 0 spiro atoms. The first-order chi connectivity index (χ1) is 8.44. The fourth-order valence-corrected chi connectivity index (χ4v) is 2.27. The molecule has 18 heavy (non-hydrogen) atoms. The molecule has 0 amide bonds. The Kier molecular flexibility index (Phi) is 2.88. The Balaban J connectivity index is 2.70. The highest BCUT2D eigenvalue weighted by atomic mass is 19.1. The van der Waals surface area contributed by atoms with Crippen LogP contribution in [0.4, 0.5) is 8.78 Å². The van der Waals surface area contributed by atoms with Crippen LogP contribution in [0.15, 0.2) is 6.07 Å². The molecule has 98 valence electrons. The summed E-state index contributed by atoms with van der Waals surface area (Å²) in [5.41, 5.74) is -2.21. The minimum atomic E-state index is -1.60. The van der Waals surface area contributed by atoms with Gasteiger partial charge in [0.1, 0.15) is 0 Å². The summed E-state index contributed by atoms with van der Waals surface area (Å²) in [7, 11) is 1.16. The molecule has 1 aliphatic carbocycles. The lowest BCUT2D eigenvalue weighted by atomic mass is 9.64. The number of hydrogen-bond donors (Lipinski definition) is 2. The lowest BCUT2D eigenvalue weighted by Crippen LogP contribution is -2.44. The van der Waals surface area contributed by atoms with Crippen LogP contribution in [0.3, 0.4) is 0 Å². The van der Waals surface area contributed by atoms with Gasteiger partial charge in [0.15, 0.2) is 23.1 Å². The Labute approximate surface area is 102 Å². The average Bonchev–Trinajstić information content (AvgIpc) is 2.26. The van der Waals surface area contributed by atoms with Gasteiger partial charge in [-0.25, -0.2) is 8.78 Å². The number of hydrogen-bond acceptors (Lipinski definition) is 3. The summed E-state index contributed by atoms with van der Waals surface area (Å²) in [5.74, 6) is -4.75. The summed E-state index contributed by atoms with van der Waals surface area (Å²) in [6.07, 6.45) is 0.856. The average molecular weight is 258 g/mol. The molecule has 0 heterocycles. The van der Waals surface area contributed by atoms with Gasteiger partial charge in [0, 0.05) is 11.6 Å². The number of carbonyl (C=O) groups is 1. The molecule has 0 radical (unpaired) electrons. The number of carboxylic acid groups (broad SMARTS) is 1. The summed E-state index contributed by atoms with van der Waals surface area (Å²) in [5, 5.41) is 18.6. The predicted octanol–water partition coefficient (Wildman–Crippen LogP) is 2.19. The van der Waals surface area contributed by atoms with Crippen LogP contribution in [0.5, 0.6) is 11.5 Å². The molecule has 0 aliphatic heterocycles. The van der Waals surface area contributed by atoms with Crippen LogP contribution in [-0.2, 0) is 10.2 Å². The molecule has 2 rings (SSSR count). The third kappa shape index (κ3) is 1.52. The molecule has 1 fully saturated rings. The molecule has 1 saturated carbocycles. The number of methoxy groups -OCH3 is 1. The van der Waals surface area contributed by atoms with E-state index < -0.39 is 34.3 Å². The van der Waals surface area contributed by atoms with E-state index in [1.54, 1.807) is 0 Å². The molecule has 0 aromatic heterocycles. The Morgan fingerprint density at radius 2 is 2.00 bits per heavy atom. The van der Waals surface area contributed by atoms with Gasteiger partial charge in [0.2, 0.25) is 0 Å². The molecular weight excluding hydrogens is 246 g/mol. The van der Waals surface area contributed by atoms with E-state index in [-0.39, 0.29) is 18.6 Å². The smallest absolute Gasteiger partial charge is 0.314 e. The minimum absolute atomic E-state index is 0.142. The maximum atomic E-state index is 14.1. The van der Waals surface area contributed by atoms with Crippen LogP contribution < -0.4 is 4.74 Å². The van der Waals surface area contributed by atoms with Gasteiger partial charge in [-0.2, -0.15) is 0 Å². The Bertz CT molecular complexity index is 509. The van der Waals surface area contributed by atoms with Crippen molar-refractivity contribution in [2.75, 3.05) is 7.11 Å². The zero-order valence-corrected chi connectivity index (χ0v) is 9.67. The van der Waals surface area contributed by atoms with Gasteiger partial charge in [-0.3, -0.25) is 4.79 Å². The molecule has 6 heteroatoms. The van der Waals surface area contributed by atoms with Gasteiger partial charge in [-0.1, -0.05) is 6.42 Å². The minimum Gasteiger partial charge on any atom is -0.505 e. The van der Waals surface area contributed by atoms with E-state index in [2.05, 4.69) is 4.74 Å². The number of halogens is 2. The first-order valence-electron chi connectivity index (χ1n) is 5.43. The van der Waals surface area contributed by atoms with Gasteiger partial charge in [-0.05, 0) is 12.8 Å². The van der Waals surface area contributed by atoms with Crippen molar-refractivity contribution in [1.29, 1.82) is 0 Å². The number of ether oxygens (including phenoxy) is 1. The Hall–Kier alpha value is -1.85. The van der Waals surface area contributed by atoms with Crippen LogP contribution >= 0.6 is 0 Å². The number of aliphatic carboxylic acids is 1. The molecular formula is C12H12F2O4. The maximum Gasteiger partial charge on any atom is 0.314 e. The van der Waals surface area contributed by atoms with E-state index in [0.29, 0.717) is 6.42 Å². The normalized spacial score (nSPS) is 17.1. The number of phenols is 1. The quantitative estimate of drug-likeness (QED) is 0.872. The van der Waals surface area contributed by atoms with Gasteiger partial charge < -0.3 is 14.9 Å². The zero-order chi connectivity index (χ0) is 13.5. The summed E-state index contributed by atoms with van der Waals surface area (Å²) in [4.78, 5) is 11.3. The van der Waals surface area contributed by atoms with Crippen molar-refractivity contribution in [2.24, 2.45) is 0 Å². The second-order valence-electron chi connectivity index (χ2n) is 4.34. The fourth-order valence-electron chi connectivity index (χ4n) is 2.27. The highest BCUT2D eigenvalue weighted by Crippen LogP contribution is 2.48. The molecule has 1 aromatic rings. The number of carboxylic acids is 1. The number of rotatable bonds is 3. The lowest BCUT2D eigenvalue weighted by molar-refractivity contribution is -0.147. The summed E-state index contributed by atoms with van der Waals surface area (Å²) in [6, 6.07) is 0.794. The topological polar surface area (TPSA) is 66.8 Å². The molecule has 2 N–H and O–H groups in total. The van der Waals surface area contributed by atoms with Crippen molar-refractivity contribution in [1.82, 2.24) is 0 Å². The van der Waals surface area contributed by atoms with Gasteiger partial charge >= 0.3 is 5.97 Å². The van der Waals surface area contributed by atoms with E-state index in [4.69, 9.17) is 0 Å². The Morgan fingerprint density at radius 3 is 2.39 bits per heavy atom. The first-order valence-corrected chi connectivity index (χ1v) is 5.43. The van der Waals surface area contributed by atoms with E-state index in [0.717, 1.165) is 13.2 Å². The second-order valence-corrected chi connectivity index (χ2v) is 4.34. The number of benzene rings is 1. The van der Waals surface area contributed by atoms with Crippen molar-refractivity contribution >= 4 is 5.97 Å². The van der Waals surface area contributed by atoms with Crippen LogP contribution in [-0.4, -0.2) is 23.3 Å². The molecule has 1 aromatic carbocycles. The van der Waals surface area contributed by atoms with Gasteiger partial charge in [0.25, 0.3) is 0 Å². The third-order valence-corrected chi connectivity index (χ3v) is 3.46. The van der Waals surface area contributed by atoms with Crippen molar-refractivity contribution < 1.29 is 28.5 Å². The predicted molar refractivity (Wildman–Crippen MR) is 57.7 cm³/mol. The van der Waals surface area contributed by atoms with Crippen LogP contribution in [0, 0.1) is 11.6 Å². The molecule has 1 aliphatic rings. The first kappa shape index (κ1) is 12.6. The van der Waals surface area contributed by atoms with Gasteiger partial charge in [-0.15, -0.1) is 0 Å². The van der Waals surface area contributed by atoms with Crippen molar-refractivity contribution in [3.05, 3.63) is 23.3 Å². The molecule has 0 atom stereocenters. The second kappa shape index (κ2) is 4.12. The summed E-state index contributed by atoms with van der Waals surface area (Å²) in [6.45, 7) is 0. The zero-order valence-electron chi connectivity index (χ0n) is 9.67. The lowest BCUT2D eigenvalue weighted by Gasteiger charge is -2.38. The van der Waals surface area contributed by atoms with Crippen LogP contribution in [0.1, 0.15) is 24.8 Å². The molecule has 4 nitrogen and oxygen atoms in total. The summed E-state index contributed by atoms with van der Waals surface area (Å²) < 4.78 is 32.6. The van der Waals surface area contributed by atoms with E-state index >= 15 is 0 Å². The maximum absolute atomic E-state index is 14.1. The number of phenolic OH excluding ortho intramolecular Hbond substituents is 1. The largest absolute Gasteiger partial charge is 0.505 e. The molecule has 0 unspecified atom stereocenters. The standard InChI is InChI=1S/C12H12F2O4/c1-18-7-5-6(15)9(13)8(10(7)14)12(11(16)17)3-2-4-12/h5,15H,2-4H2,1H3,(H,16,17). The highest BCUT2D eigenvalue weighted by molar-refractivity contribution is 5.83. The highest BCUT2D eigenvalue weighted by Gasteiger charge is 2.50. The van der Waals surface area contributed by atoms with E-state index in [9.17, 15) is 23.8 Å². The van der Waals surface area contributed by atoms with Crippen LogP contribution in [0.25, 0.3) is 0 Å². The van der Waals surface area contributed by atoms with Crippen molar-refractivity contribution in [3.63, 3.8) is 0 Å². The number of aromatic hydroxyl groups is 1. The monoisotopic (exact) mass is 258 g/mol. The fraction of sp³-hybridized carbons (Fsp3) is 0.417.